The van der Waals surface area contributed by atoms with Crippen molar-refractivity contribution in [3.05, 3.63) is 0 Å². The van der Waals surface area contributed by atoms with Gasteiger partial charge >= 0.3 is 5.97 Å². The third-order valence-corrected chi connectivity index (χ3v) is 5.61. The Hall–Kier alpha value is -1.43. The first-order valence-corrected chi connectivity index (χ1v) is 9.38. The van der Waals surface area contributed by atoms with E-state index in [1.54, 1.807) is 6.92 Å². The van der Waals surface area contributed by atoms with Crippen LogP contribution in [0.5, 0.6) is 0 Å². The third-order valence-electron chi connectivity index (χ3n) is 5.61. The lowest BCUT2D eigenvalue weighted by atomic mass is 9.94. The minimum Gasteiger partial charge on any atom is -0.466 e. The zero-order valence-corrected chi connectivity index (χ0v) is 14.5. The van der Waals surface area contributed by atoms with E-state index in [0.29, 0.717) is 13.2 Å². The van der Waals surface area contributed by atoms with Gasteiger partial charge in [-0.05, 0) is 39.2 Å². The summed E-state index contributed by atoms with van der Waals surface area (Å²) in [5, 5.41) is 0. The molecule has 6 heteroatoms. The lowest BCUT2D eigenvalue weighted by molar-refractivity contribution is -0.151. The fourth-order valence-electron chi connectivity index (χ4n) is 4.38. The van der Waals surface area contributed by atoms with Crippen molar-refractivity contribution in [3.63, 3.8) is 0 Å². The lowest BCUT2D eigenvalue weighted by Gasteiger charge is -2.35. The highest BCUT2D eigenvalue weighted by Crippen LogP contribution is 2.31. The zero-order chi connectivity index (χ0) is 17.1. The van der Waals surface area contributed by atoms with Crippen molar-refractivity contribution < 1.29 is 19.1 Å². The van der Waals surface area contributed by atoms with E-state index in [-0.39, 0.29) is 42.2 Å². The molecular formula is C18H28N2O4. The number of likely N-dealkylation sites (tertiary alicyclic amines) is 2. The number of ether oxygens (including phenoxy) is 1. The molecule has 3 fully saturated rings. The number of rotatable bonds is 4. The van der Waals surface area contributed by atoms with Gasteiger partial charge in [0.2, 0.25) is 11.8 Å². The monoisotopic (exact) mass is 336 g/mol. The average molecular weight is 336 g/mol. The number of nitrogens with zero attached hydrogens (tertiary/aromatic N) is 2. The highest BCUT2D eigenvalue weighted by Gasteiger charge is 2.46. The first-order chi connectivity index (χ1) is 11.6. The predicted molar refractivity (Wildman–Crippen MR) is 88.1 cm³/mol. The van der Waals surface area contributed by atoms with Gasteiger partial charge in [0.1, 0.15) is 0 Å². The van der Waals surface area contributed by atoms with Crippen molar-refractivity contribution in [1.82, 2.24) is 9.80 Å². The molecule has 0 aromatic rings. The Morgan fingerprint density at radius 2 is 1.88 bits per heavy atom. The molecule has 134 valence electrons. The zero-order valence-electron chi connectivity index (χ0n) is 14.5. The van der Waals surface area contributed by atoms with Crippen LogP contribution in [0.1, 0.15) is 58.3 Å². The number of hydrogen-bond donors (Lipinski definition) is 0. The molecule has 0 spiro atoms. The van der Waals surface area contributed by atoms with E-state index in [4.69, 9.17) is 4.74 Å². The molecule has 0 N–H and O–H groups in total. The molecular weight excluding hydrogens is 308 g/mol. The van der Waals surface area contributed by atoms with Gasteiger partial charge in [-0.2, -0.15) is 0 Å². The summed E-state index contributed by atoms with van der Waals surface area (Å²) >= 11 is 0. The van der Waals surface area contributed by atoms with Crippen LogP contribution in [0.25, 0.3) is 0 Å². The van der Waals surface area contributed by atoms with Crippen LogP contribution in [0.3, 0.4) is 0 Å². The highest BCUT2D eigenvalue weighted by molar-refractivity contribution is 6.05. The molecule has 2 aliphatic heterocycles. The van der Waals surface area contributed by atoms with E-state index in [0.717, 1.165) is 45.1 Å². The summed E-state index contributed by atoms with van der Waals surface area (Å²) in [5.74, 6) is -0.431. The number of hydrogen-bond acceptors (Lipinski definition) is 5. The summed E-state index contributed by atoms with van der Waals surface area (Å²) in [7, 11) is 0. The van der Waals surface area contributed by atoms with Crippen LogP contribution in [0.2, 0.25) is 0 Å². The van der Waals surface area contributed by atoms with Gasteiger partial charge in [0, 0.05) is 12.6 Å². The van der Waals surface area contributed by atoms with Crippen molar-refractivity contribution in [3.8, 4) is 0 Å². The Kier molecular flexibility index (Phi) is 5.54. The Morgan fingerprint density at radius 1 is 1.12 bits per heavy atom. The molecule has 6 nitrogen and oxygen atoms in total. The minimum atomic E-state index is -0.378. The number of esters is 1. The van der Waals surface area contributed by atoms with Crippen LogP contribution >= 0.6 is 0 Å². The molecule has 24 heavy (non-hydrogen) atoms. The van der Waals surface area contributed by atoms with E-state index < -0.39 is 0 Å². The van der Waals surface area contributed by atoms with Crippen molar-refractivity contribution in [2.45, 2.75) is 70.4 Å². The SMILES string of the molecule is CCOC(=O)[C@@H]1CCCN([C@@H]2CC(=O)N(C3CCCCC3)C2=O)C1. The number of carbonyl (C=O) groups excluding carboxylic acids is 3. The van der Waals surface area contributed by atoms with Crippen LogP contribution in [0, 0.1) is 5.92 Å². The Balaban J connectivity index is 1.65. The minimum absolute atomic E-state index is 0.0323. The molecule has 1 saturated carbocycles. The van der Waals surface area contributed by atoms with Crippen molar-refractivity contribution in [2.75, 3.05) is 19.7 Å². The summed E-state index contributed by atoms with van der Waals surface area (Å²) in [6.07, 6.45) is 7.21. The molecule has 0 aromatic carbocycles. The second-order valence-electron chi connectivity index (χ2n) is 7.20. The Morgan fingerprint density at radius 3 is 2.58 bits per heavy atom. The van der Waals surface area contributed by atoms with Crippen LogP contribution < -0.4 is 0 Å². The van der Waals surface area contributed by atoms with Crippen LogP contribution in [0.4, 0.5) is 0 Å². The molecule has 0 aromatic heterocycles. The summed E-state index contributed by atoms with van der Waals surface area (Å²) in [5.41, 5.74) is 0. The van der Waals surface area contributed by atoms with E-state index in [1.807, 2.05) is 4.90 Å². The molecule has 1 aliphatic carbocycles. The quantitative estimate of drug-likeness (QED) is 0.578. The molecule has 0 unspecified atom stereocenters. The van der Waals surface area contributed by atoms with Gasteiger partial charge in [-0.25, -0.2) is 0 Å². The summed E-state index contributed by atoms with van der Waals surface area (Å²) < 4.78 is 5.13. The third kappa shape index (κ3) is 3.48. The van der Waals surface area contributed by atoms with E-state index >= 15 is 0 Å². The van der Waals surface area contributed by atoms with Crippen LogP contribution in [0.15, 0.2) is 0 Å². The maximum absolute atomic E-state index is 12.9. The van der Waals surface area contributed by atoms with Gasteiger partial charge in [0.15, 0.2) is 0 Å². The van der Waals surface area contributed by atoms with Crippen LogP contribution in [-0.2, 0) is 19.1 Å². The number of imide groups is 1. The molecule has 2 heterocycles. The normalized spacial score (nSPS) is 30.0. The average Bonchev–Trinajstić information content (AvgIpc) is 2.90. The van der Waals surface area contributed by atoms with Gasteiger partial charge < -0.3 is 4.74 Å². The molecule has 2 amide bonds. The van der Waals surface area contributed by atoms with Gasteiger partial charge in [-0.1, -0.05) is 19.3 Å². The molecule has 3 aliphatic rings. The van der Waals surface area contributed by atoms with Gasteiger partial charge in [0.05, 0.1) is 25.0 Å². The van der Waals surface area contributed by atoms with Crippen molar-refractivity contribution >= 4 is 17.8 Å². The van der Waals surface area contributed by atoms with Gasteiger partial charge in [0.25, 0.3) is 0 Å². The number of amides is 2. The highest BCUT2D eigenvalue weighted by atomic mass is 16.5. The second-order valence-corrected chi connectivity index (χ2v) is 7.20. The van der Waals surface area contributed by atoms with E-state index in [9.17, 15) is 14.4 Å². The van der Waals surface area contributed by atoms with E-state index in [1.165, 1.54) is 11.3 Å². The first-order valence-electron chi connectivity index (χ1n) is 9.38. The first kappa shape index (κ1) is 17.4. The second kappa shape index (κ2) is 7.64. The lowest BCUT2D eigenvalue weighted by Crippen LogP contribution is -2.50. The molecule has 2 atom stereocenters. The maximum atomic E-state index is 12.9. The van der Waals surface area contributed by atoms with Crippen LogP contribution in [-0.4, -0.2) is 59.4 Å². The molecule has 0 radical (unpaired) electrons. The van der Waals surface area contributed by atoms with Gasteiger partial charge in [-0.15, -0.1) is 0 Å². The fourth-order valence-corrected chi connectivity index (χ4v) is 4.38. The molecule has 2 saturated heterocycles. The summed E-state index contributed by atoms with van der Waals surface area (Å²) in [6.45, 7) is 3.49. The Bertz CT molecular complexity index is 501. The molecule has 0 bridgehead atoms. The van der Waals surface area contributed by atoms with Gasteiger partial charge in [-0.3, -0.25) is 24.2 Å². The van der Waals surface area contributed by atoms with E-state index in [2.05, 4.69) is 0 Å². The molecule has 3 rings (SSSR count). The number of piperidine rings is 1. The number of carbonyl (C=O) groups is 3. The van der Waals surface area contributed by atoms with Crippen molar-refractivity contribution in [1.29, 1.82) is 0 Å². The smallest absolute Gasteiger partial charge is 0.310 e. The fraction of sp³-hybridized carbons (Fsp3) is 0.833. The topological polar surface area (TPSA) is 66.9 Å². The Labute approximate surface area is 143 Å². The summed E-state index contributed by atoms with van der Waals surface area (Å²) in [4.78, 5) is 40.9. The largest absolute Gasteiger partial charge is 0.466 e. The standard InChI is InChI=1S/C18H28N2O4/c1-2-24-18(23)13-7-6-10-19(12-13)15-11-16(21)20(17(15)22)14-8-4-3-5-9-14/h13-15H,2-12H2,1H3/t13-,15-/m1/s1. The predicted octanol–water partition coefficient (Wildman–Crippen LogP) is 1.72. The maximum Gasteiger partial charge on any atom is 0.310 e. The summed E-state index contributed by atoms with van der Waals surface area (Å²) in [6, 6.07) is -0.286. The van der Waals surface area contributed by atoms with Crippen molar-refractivity contribution in [2.24, 2.45) is 5.92 Å².